The van der Waals surface area contributed by atoms with Crippen LogP contribution >= 0.6 is 34.4 Å². The highest BCUT2D eigenvalue weighted by atomic mass is 32.2. The number of rotatable bonds is 4. The Morgan fingerprint density at radius 2 is 1.77 bits per heavy atom. The molecule has 0 bridgehead atoms. The van der Waals surface area contributed by atoms with Crippen molar-refractivity contribution >= 4 is 71.6 Å². The van der Waals surface area contributed by atoms with Gasteiger partial charge < -0.3 is 14.2 Å². The van der Waals surface area contributed by atoms with Crippen LogP contribution in [0.2, 0.25) is 0 Å². The number of aryl methyl sites for hydroxylation is 2. The van der Waals surface area contributed by atoms with Crippen LogP contribution in [-0.2, 0) is 28.4 Å². The lowest BCUT2D eigenvalue weighted by Gasteiger charge is -2.12. The molecule has 0 saturated carbocycles. The maximum atomic E-state index is 13.7. The van der Waals surface area contributed by atoms with Crippen LogP contribution in [0.25, 0.3) is 21.3 Å². The predicted molar refractivity (Wildman–Crippen MR) is 177 cm³/mol. The molecule has 0 aliphatic carbocycles. The molecule has 1 fully saturated rings. The van der Waals surface area contributed by atoms with E-state index in [-0.39, 0.29) is 16.6 Å². The van der Waals surface area contributed by atoms with Crippen LogP contribution in [0.4, 0.5) is 5.69 Å². The molecule has 44 heavy (non-hydrogen) atoms. The van der Waals surface area contributed by atoms with Gasteiger partial charge in [0.15, 0.2) is 0 Å². The van der Waals surface area contributed by atoms with Gasteiger partial charge in [-0.3, -0.25) is 9.36 Å². The Balaban J connectivity index is 0.000000265. The van der Waals surface area contributed by atoms with E-state index >= 15 is 0 Å². The molecule has 7 rings (SSSR count). The molecule has 4 heterocycles. The number of hydrogen-bond acceptors (Lipinski definition) is 9. The fourth-order valence-corrected chi connectivity index (χ4v) is 9.22. The van der Waals surface area contributed by atoms with Crippen LogP contribution in [0.3, 0.4) is 0 Å². The van der Waals surface area contributed by atoms with Crippen LogP contribution in [-0.4, -0.2) is 37.3 Å². The molecule has 8 nitrogen and oxygen atoms in total. The summed E-state index contributed by atoms with van der Waals surface area (Å²) in [6, 6.07) is 22.5. The third-order valence-electron chi connectivity index (χ3n) is 7.58. The summed E-state index contributed by atoms with van der Waals surface area (Å²) in [4.78, 5) is 16.9. The summed E-state index contributed by atoms with van der Waals surface area (Å²) in [7, 11) is -0.130. The summed E-state index contributed by atoms with van der Waals surface area (Å²) in [5, 5.41) is 2.14. The Bertz CT molecular complexity index is 2130. The third kappa shape index (κ3) is 6.28. The van der Waals surface area contributed by atoms with E-state index in [0.717, 1.165) is 49.9 Å². The summed E-state index contributed by atoms with van der Waals surface area (Å²) in [6.07, 6.45) is 4.34. The number of fused-ring (bicyclic) bond motifs is 2. The van der Waals surface area contributed by atoms with Gasteiger partial charge in [-0.15, -0.1) is 11.3 Å². The fourth-order valence-electron chi connectivity index (χ4n) is 5.19. The summed E-state index contributed by atoms with van der Waals surface area (Å²) < 4.78 is 44.2. The van der Waals surface area contributed by atoms with Crippen molar-refractivity contribution < 1.29 is 22.3 Å². The second-order valence-corrected chi connectivity index (χ2v) is 15.1. The Kier molecular flexibility index (Phi) is 8.82. The highest BCUT2D eigenvalue weighted by Gasteiger charge is 2.26. The molecule has 0 spiro atoms. The molecule has 12 heteroatoms. The van der Waals surface area contributed by atoms with Gasteiger partial charge in [-0.25, -0.2) is 8.42 Å². The summed E-state index contributed by atoms with van der Waals surface area (Å²) in [5.41, 5.74) is 3.36. The molecule has 2 aromatic heterocycles. The molecule has 5 aromatic rings. The zero-order valence-corrected chi connectivity index (χ0v) is 27.7. The van der Waals surface area contributed by atoms with E-state index in [9.17, 15) is 17.8 Å². The molecule has 1 saturated heterocycles. The van der Waals surface area contributed by atoms with Crippen LogP contribution in [0.5, 0.6) is 0 Å². The maximum Gasteiger partial charge on any atom is 0.271 e. The fraction of sp³-hybridized carbons (Fsp3) is 0.250. The molecule has 0 N–H and O–H groups in total. The first-order chi connectivity index (χ1) is 21.1. The normalized spacial score (nSPS) is 18.0. The molecule has 1 atom stereocenters. The number of anilines is 1. The number of benzene rings is 3. The molecule has 3 aromatic carbocycles. The first-order valence-corrected chi connectivity index (χ1v) is 17.9. The average Bonchev–Trinajstić information content (AvgIpc) is 3.78. The van der Waals surface area contributed by atoms with Crippen molar-refractivity contribution in [2.45, 2.75) is 42.2 Å². The van der Waals surface area contributed by atoms with Gasteiger partial charge in [0, 0.05) is 24.6 Å². The van der Waals surface area contributed by atoms with Gasteiger partial charge in [-0.2, -0.15) is 4.57 Å². The van der Waals surface area contributed by atoms with Gasteiger partial charge in [0.2, 0.25) is 5.52 Å². The number of thiazole rings is 2. The van der Waals surface area contributed by atoms with E-state index in [4.69, 9.17) is 4.74 Å². The SMILES string of the molecule is CN1/C(=c2/s/c(=C\c3sc4ccccc4[n+]3C)n(CC3CCCO3)c2=O)Sc2ccccc21.Cc1ccc(S(=O)(=O)[O-])cc1. The van der Waals surface area contributed by atoms with Gasteiger partial charge in [0.25, 0.3) is 10.6 Å². The highest BCUT2D eigenvalue weighted by molar-refractivity contribution is 8.08. The number of hydrogen-bond donors (Lipinski definition) is 0. The van der Waals surface area contributed by atoms with Crippen LogP contribution in [0, 0.1) is 6.92 Å². The monoisotopic (exact) mass is 665 g/mol. The minimum absolute atomic E-state index is 0.0765. The third-order valence-corrected chi connectivity index (χ3v) is 12.1. The van der Waals surface area contributed by atoms with E-state index in [2.05, 4.69) is 59.0 Å². The summed E-state index contributed by atoms with van der Waals surface area (Å²) in [6.45, 7) is 3.21. The van der Waals surface area contributed by atoms with E-state index in [0.29, 0.717) is 6.54 Å². The summed E-state index contributed by atoms with van der Waals surface area (Å²) in [5.74, 6) is 0. The van der Waals surface area contributed by atoms with Crippen molar-refractivity contribution in [1.29, 1.82) is 0 Å². The molecular formula is C32H31N3O5S4. The highest BCUT2D eigenvalue weighted by Crippen LogP contribution is 2.44. The quantitative estimate of drug-likeness (QED) is 0.210. The standard InChI is InChI=1S/C25H24N3O2S3.C7H8O3S/c1-26-17-9-3-5-11-19(17)31-21(26)14-22-28(15-16-8-7-13-30-16)24(29)23(33-22)25-27(2)18-10-4-6-12-20(18)32-25;1-6-2-4-7(5-3-6)11(8,9)10/h3-6,9-12,14,16H,7-8,13,15H2,1-2H3;2-5H,1H3,(H,8,9,10)/q+1;/p-1/b25-23-;. The lowest BCUT2D eigenvalue weighted by Crippen LogP contribution is -2.37. The predicted octanol–water partition coefficient (Wildman–Crippen LogP) is 4.16. The maximum absolute atomic E-state index is 13.7. The van der Waals surface area contributed by atoms with Crippen LogP contribution in [0.15, 0.2) is 87.4 Å². The Morgan fingerprint density at radius 3 is 2.45 bits per heavy atom. The van der Waals surface area contributed by atoms with E-state index in [1.165, 1.54) is 27.2 Å². The smallest absolute Gasteiger partial charge is 0.271 e. The van der Waals surface area contributed by atoms with Gasteiger partial charge >= 0.3 is 0 Å². The van der Waals surface area contributed by atoms with Crippen molar-refractivity contribution in [3.8, 4) is 0 Å². The number of para-hydroxylation sites is 2. The number of thioether (sulfide) groups is 1. The van der Waals surface area contributed by atoms with E-state index in [1.807, 2.05) is 30.7 Å². The second kappa shape index (κ2) is 12.6. The van der Waals surface area contributed by atoms with E-state index < -0.39 is 10.1 Å². The topological polar surface area (TPSA) is 95.6 Å². The van der Waals surface area contributed by atoms with Gasteiger partial charge in [-0.05, 0) is 50.1 Å². The van der Waals surface area contributed by atoms with Crippen LogP contribution < -0.4 is 24.2 Å². The molecule has 2 aliphatic heterocycles. The molecule has 1 unspecified atom stereocenters. The number of aromatic nitrogens is 2. The van der Waals surface area contributed by atoms with Crippen molar-refractivity contribution in [1.82, 2.24) is 4.57 Å². The Morgan fingerprint density at radius 1 is 1.05 bits per heavy atom. The molecule has 228 valence electrons. The zero-order chi connectivity index (χ0) is 31.0. The number of ether oxygens (including phenoxy) is 1. The number of nitrogens with zero attached hydrogens (tertiary/aromatic N) is 3. The second-order valence-electron chi connectivity index (χ2n) is 10.6. The average molecular weight is 666 g/mol. The Hall–Kier alpha value is -3.26. The van der Waals surface area contributed by atoms with Gasteiger partial charge in [0.05, 0.1) is 29.3 Å². The zero-order valence-electron chi connectivity index (χ0n) is 24.4. The summed E-state index contributed by atoms with van der Waals surface area (Å²) >= 11 is 5.02. The van der Waals surface area contributed by atoms with Gasteiger partial charge in [0.1, 0.15) is 36.1 Å². The van der Waals surface area contributed by atoms with E-state index in [1.54, 1.807) is 46.6 Å². The minimum atomic E-state index is -4.27. The lowest BCUT2D eigenvalue weighted by molar-refractivity contribution is -0.642. The molecule has 0 amide bonds. The van der Waals surface area contributed by atoms with Crippen molar-refractivity contribution in [2.75, 3.05) is 18.6 Å². The first kappa shape index (κ1) is 30.8. The molecular weight excluding hydrogens is 635 g/mol. The lowest BCUT2D eigenvalue weighted by atomic mass is 10.2. The largest absolute Gasteiger partial charge is 0.744 e. The van der Waals surface area contributed by atoms with Crippen LogP contribution in [0.1, 0.15) is 23.4 Å². The Labute approximate surface area is 267 Å². The van der Waals surface area contributed by atoms with Crippen molar-refractivity contribution in [2.24, 2.45) is 7.05 Å². The van der Waals surface area contributed by atoms with Gasteiger partial charge in [-0.1, -0.05) is 65.1 Å². The molecule has 0 radical (unpaired) electrons. The first-order valence-electron chi connectivity index (χ1n) is 14.1. The molecule has 2 aliphatic rings. The van der Waals surface area contributed by atoms with Crippen molar-refractivity contribution in [3.63, 3.8) is 0 Å². The van der Waals surface area contributed by atoms with Crippen molar-refractivity contribution in [3.05, 3.63) is 103 Å². The minimum Gasteiger partial charge on any atom is -0.744 e.